The van der Waals surface area contributed by atoms with Crippen LogP contribution >= 0.6 is 0 Å². The highest BCUT2D eigenvalue weighted by Gasteiger charge is 2.39. The molecule has 1 aromatic carbocycles. The molecule has 468 valence electrons. The monoisotopic (exact) mass is 1190 g/mol. The van der Waals surface area contributed by atoms with Crippen LogP contribution in [0.25, 0.3) is 0 Å². The Hall–Kier alpha value is -8.20. The fraction of sp³-hybridized carbons (Fsp3) is 0.620. The Balaban J connectivity index is 0.00000897. The summed E-state index contributed by atoms with van der Waals surface area (Å²) < 4.78 is 31.7. The number of carboxylic acids is 4. The number of unbranched alkanes of at least 4 members (excludes halogenated alkanes) is 2. The maximum atomic E-state index is 14.0. The molecule has 30 nitrogen and oxygen atoms in total. The quantitative estimate of drug-likeness (QED) is 0.0295. The fourth-order valence-electron chi connectivity index (χ4n) is 7.37. The van der Waals surface area contributed by atoms with Crippen LogP contribution < -0.4 is 65.5 Å². The Kier molecular flexibility index (Phi) is 34.7. The summed E-state index contributed by atoms with van der Waals surface area (Å²) in [6.07, 6.45) is -7.00. The third-order valence-corrected chi connectivity index (χ3v) is 11.7. The van der Waals surface area contributed by atoms with E-state index in [4.69, 9.17) is 32.8 Å². The molecule has 0 saturated heterocycles. The van der Waals surface area contributed by atoms with Crippen LogP contribution in [0.2, 0.25) is 0 Å². The minimum absolute atomic E-state index is 0.0213. The van der Waals surface area contributed by atoms with Gasteiger partial charge in [0.05, 0.1) is 19.0 Å². The van der Waals surface area contributed by atoms with Crippen LogP contribution in [0.5, 0.6) is 5.75 Å². The van der Waals surface area contributed by atoms with Gasteiger partial charge in [0.1, 0.15) is 48.0 Å². The molecule has 0 spiro atoms. The maximum Gasteiger partial charge on any atom is 0.490 e. The number of alkyl halides is 3. The van der Waals surface area contributed by atoms with Crippen LogP contribution in [-0.2, 0) is 68.7 Å². The highest BCUT2D eigenvalue weighted by Crippen LogP contribution is 2.15. The number of nitrogens with one attached hydrogen (secondary N) is 8. The second-order valence-electron chi connectivity index (χ2n) is 19.7. The first-order chi connectivity index (χ1) is 38.6. The van der Waals surface area contributed by atoms with Gasteiger partial charge in [0.2, 0.25) is 53.2 Å². The number of benzene rings is 1. The Bertz CT molecular complexity index is 2360. The van der Waals surface area contributed by atoms with Crippen molar-refractivity contribution in [3.8, 4) is 5.75 Å². The van der Waals surface area contributed by atoms with Gasteiger partial charge in [0.25, 0.3) is 0 Å². The van der Waals surface area contributed by atoms with Gasteiger partial charge in [-0.3, -0.25) is 52.7 Å². The zero-order valence-corrected chi connectivity index (χ0v) is 46.4. The van der Waals surface area contributed by atoms with E-state index in [0.717, 1.165) is 0 Å². The minimum Gasteiger partial charge on any atom is -0.508 e. The van der Waals surface area contributed by atoms with Gasteiger partial charge in [-0.2, -0.15) is 13.2 Å². The zero-order valence-electron chi connectivity index (χ0n) is 46.4. The fourth-order valence-corrected chi connectivity index (χ4v) is 7.37. The van der Waals surface area contributed by atoms with E-state index in [9.17, 15) is 91.1 Å². The standard InChI is InChI=1S/C48H78N12O16.C2HF3O2/c1-25(2)21-29(51)41(68)55-32(15-17-38(64)65)44(71)58-33(16-18-39(66)67)45(72)57-31(10-6-8-20-50)43(70)56-30(9-5-7-19-49)42(69)53-24-37(63)54-35(23-36(52)62)46(73)59-34(22-27-11-13-28(61)14-12-27)47(74)60-40(26(3)4)48(75)76;3-2(4,5)1(6)7/h11-14,25-26,29-35,40,61H,5-10,15-24,49-51H2,1-4H3,(H2,52,62)(H,53,69)(H,54,63)(H,55,68)(H,56,70)(H,57,72)(H,58,71)(H,59,73)(H,60,74)(H,64,65)(H,66,67)(H,75,76);(H,6,7)/t29-,30-,31-,32-,33-,34-,35-,40-;/m0./s1. The topological polar surface area (TPSA) is 523 Å². The molecule has 0 radical (unpaired) electrons. The van der Waals surface area contributed by atoms with Crippen LogP contribution in [0.15, 0.2) is 24.3 Å². The molecule has 1 rings (SSSR count). The summed E-state index contributed by atoms with van der Waals surface area (Å²) >= 11 is 0. The van der Waals surface area contributed by atoms with Crippen molar-refractivity contribution in [2.75, 3.05) is 19.6 Å². The van der Waals surface area contributed by atoms with Crippen molar-refractivity contribution in [2.45, 2.75) is 166 Å². The molecule has 9 amide bonds. The van der Waals surface area contributed by atoms with E-state index in [-0.39, 0.29) is 63.3 Å². The number of nitrogens with two attached hydrogens (primary N) is 4. The van der Waals surface area contributed by atoms with Crippen LogP contribution in [0, 0.1) is 11.8 Å². The van der Waals surface area contributed by atoms with Crippen LogP contribution in [0.4, 0.5) is 13.2 Å². The number of rotatable bonds is 38. The van der Waals surface area contributed by atoms with Crippen molar-refractivity contribution in [1.29, 1.82) is 0 Å². The average molecular weight is 1190 g/mol. The third-order valence-electron chi connectivity index (χ3n) is 11.7. The molecule has 83 heavy (non-hydrogen) atoms. The number of aromatic hydroxyl groups is 1. The average Bonchev–Trinajstić information content (AvgIpc) is 3.58. The molecule has 0 saturated carbocycles. The number of phenols is 1. The number of halogens is 3. The van der Waals surface area contributed by atoms with Gasteiger partial charge in [-0.1, -0.05) is 39.8 Å². The van der Waals surface area contributed by atoms with Crippen LogP contribution in [0.3, 0.4) is 0 Å². The van der Waals surface area contributed by atoms with E-state index in [1.807, 2.05) is 0 Å². The molecule has 0 heterocycles. The van der Waals surface area contributed by atoms with E-state index in [0.29, 0.717) is 18.4 Å². The number of amides is 9. The molecule has 0 bridgehead atoms. The minimum atomic E-state index is -5.08. The summed E-state index contributed by atoms with van der Waals surface area (Å²) in [6, 6.07) is -6.17. The second-order valence-corrected chi connectivity index (χ2v) is 19.7. The number of primary amides is 1. The number of phenolic OH excluding ortho intramolecular Hbond substituents is 1. The first kappa shape index (κ1) is 74.8. The Morgan fingerprint density at radius 1 is 0.542 bits per heavy atom. The van der Waals surface area contributed by atoms with E-state index < -0.39 is 176 Å². The summed E-state index contributed by atoms with van der Waals surface area (Å²) in [5.74, 6) is -16.4. The lowest BCUT2D eigenvalue weighted by molar-refractivity contribution is -0.192. The summed E-state index contributed by atoms with van der Waals surface area (Å²) in [5, 5.41) is 64.5. The lowest BCUT2D eigenvalue weighted by atomic mass is 10.0. The van der Waals surface area contributed by atoms with Crippen molar-refractivity contribution in [1.82, 2.24) is 42.5 Å². The normalized spacial score (nSPS) is 14.0. The van der Waals surface area contributed by atoms with Gasteiger partial charge in [0, 0.05) is 19.3 Å². The second kappa shape index (κ2) is 38.5. The van der Waals surface area contributed by atoms with E-state index in [1.165, 1.54) is 24.3 Å². The summed E-state index contributed by atoms with van der Waals surface area (Å²) in [5.41, 5.74) is 23.1. The maximum absolute atomic E-state index is 14.0. The summed E-state index contributed by atoms with van der Waals surface area (Å²) in [4.78, 5) is 165. The van der Waals surface area contributed by atoms with E-state index in [1.54, 1.807) is 27.7 Å². The summed E-state index contributed by atoms with van der Waals surface area (Å²) in [6.45, 7) is 6.20. The molecule has 0 aliphatic rings. The van der Waals surface area contributed by atoms with Crippen molar-refractivity contribution >= 4 is 77.0 Å². The number of carboxylic acid groups (broad SMARTS) is 4. The lowest BCUT2D eigenvalue weighted by Crippen LogP contribution is -2.59. The molecular formula is C50H79F3N12O18. The number of carbonyl (C=O) groups excluding carboxylic acids is 9. The predicted molar refractivity (Wildman–Crippen MR) is 285 cm³/mol. The van der Waals surface area contributed by atoms with Gasteiger partial charge >= 0.3 is 30.1 Å². The van der Waals surface area contributed by atoms with Crippen molar-refractivity contribution < 1.29 is 101 Å². The molecular weight excluding hydrogens is 1110 g/mol. The lowest BCUT2D eigenvalue weighted by Gasteiger charge is -2.27. The van der Waals surface area contributed by atoms with Crippen molar-refractivity contribution in [2.24, 2.45) is 34.8 Å². The molecule has 8 atom stereocenters. The third kappa shape index (κ3) is 32.1. The Labute approximate surface area is 475 Å². The first-order valence-corrected chi connectivity index (χ1v) is 26.2. The number of carbonyl (C=O) groups is 13. The molecule has 0 aliphatic heterocycles. The SMILES string of the molecule is CC(C)C[C@H](N)C(=O)N[C@@H](CCC(=O)O)C(=O)N[C@@H](CCC(=O)O)C(=O)N[C@@H](CCCCN)C(=O)N[C@@H](CCCCN)C(=O)NCC(=O)N[C@@H](CC(N)=O)C(=O)N[C@@H](Cc1ccc(O)cc1)C(=O)N[C@H](C(=O)O)C(C)C.O=C(O)C(F)(F)F. The first-order valence-electron chi connectivity index (χ1n) is 26.2. The van der Waals surface area contributed by atoms with Gasteiger partial charge < -0.3 is 91.0 Å². The highest BCUT2D eigenvalue weighted by molar-refractivity contribution is 5.98. The zero-order chi connectivity index (χ0) is 63.7. The number of aliphatic carboxylic acids is 4. The van der Waals surface area contributed by atoms with Gasteiger partial charge in [-0.25, -0.2) is 9.59 Å². The predicted octanol–water partition coefficient (Wildman–Crippen LogP) is -2.95. The molecule has 0 unspecified atom stereocenters. The Morgan fingerprint density at radius 2 is 0.940 bits per heavy atom. The van der Waals surface area contributed by atoms with Crippen molar-refractivity contribution in [3.63, 3.8) is 0 Å². The Morgan fingerprint density at radius 3 is 1.33 bits per heavy atom. The summed E-state index contributed by atoms with van der Waals surface area (Å²) in [7, 11) is 0. The van der Waals surface area contributed by atoms with E-state index in [2.05, 4.69) is 42.5 Å². The van der Waals surface area contributed by atoms with Crippen molar-refractivity contribution in [3.05, 3.63) is 29.8 Å². The highest BCUT2D eigenvalue weighted by atomic mass is 19.4. The molecule has 0 aromatic heterocycles. The van der Waals surface area contributed by atoms with Gasteiger partial charge in [-0.15, -0.1) is 0 Å². The smallest absolute Gasteiger partial charge is 0.490 e. The molecule has 0 aliphatic carbocycles. The molecule has 21 N–H and O–H groups in total. The van der Waals surface area contributed by atoms with Crippen LogP contribution in [0.1, 0.15) is 110 Å². The van der Waals surface area contributed by atoms with Gasteiger partial charge in [0.15, 0.2) is 0 Å². The molecule has 1 aromatic rings. The number of hydrogen-bond acceptors (Lipinski definition) is 17. The molecule has 0 fully saturated rings. The largest absolute Gasteiger partial charge is 0.508 e. The number of hydrogen-bond donors (Lipinski definition) is 17. The van der Waals surface area contributed by atoms with E-state index >= 15 is 0 Å². The molecule has 33 heteroatoms. The van der Waals surface area contributed by atoms with Gasteiger partial charge in [-0.05, 0) is 100 Å². The van der Waals surface area contributed by atoms with Crippen LogP contribution in [-0.4, -0.2) is 177 Å².